The van der Waals surface area contributed by atoms with Gasteiger partial charge in [-0.2, -0.15) is 5.10 Å². The number of aromatic nitrogens is 4. The zero-order chi connectivity index (χ0) is 28.3. The Balaban J connectivity index is 1.21. The van der Waals surface area contributed by atoms with Crippen LogP contribution in [0.3, 0.4) is 0 Å². The summed E-state index contributed by atoms with van der Waals surface area (Å²) in [7, 11) is 0. The minimum atomic E-state index is -0.798. The molecule has 210 valence electrons. The first kappa shape index (κ1) is 27.0. The third-order valence-electron chi connectivity index (χ3n) is 8.18. The summed E-state index contributed by atoms with van der Waals surface area (Å²) in [5, 5.41) is 8.13. The number of aryl methyl sites for hydroxylation is 1. The van der Waals surface area contributed by atoms with E-state index in [9.17, 15) is 14.4 Å². The van der Waals surface area contributed by atoms with Crippen molar-refractivity contribution in [2.45, 2.75) is 75.6 Å². The van der Waals surface area contributed by atoms with Crippen LogP contribution < -0.4 is 10.1 Å². The highest BCUT2D eigenvalue weighted by atomic mass is 35.5. The molecule has 2 saturated carbocycles. The number of Topliss-reactive ketones (excluding diaryl/α,β-unsaturated/α-hetero) is 1. The third-order valence-corrected chi connectivity index (χ3v) is 9.05. The van der Waals surface area contributed by atoms with Crippen molar-refractivity contribution in [2.24, 2.45) is 11.8 Å². The van der Waals surface area contributed by atoms with E-state index in [1.807, 2.05) is 19.9 Å². The highest BCUT2D eigenvalue weighted by molar-refractivity contribution is 6.51. The summed E-state index contributed by atoms with van der Waals surface area (Å²) in [6.45, 7) is 5.31. The van der Waals surface area contributed by atoms with E-state index in [0.29, 0.717) is 41.2 Å². The molecular weight excluding hydrogens is 555 g/mol. The van der Waals surface area contributed by atoms with Crippen molar-refractivity contribution >= 4 is 51.7 Å². The average Bonchev–Trinajstić information content (AvgIpc) is 3.73. The van der Waals surface area contributed by atoms with Crippen LogP contribution >= 0.6 is 23.2 Å². The van der Waals surface area contributed by atoms with Gasteiger partial charge in [0.1, 0.15) is 35.0 Å². The topological polar surface area (TPSA) is 119 Å². The normalized spacial score (nSPS) is 24.9. The standard InChI is InChI=1S/C28H30Cl2N6O4/c1-14-7-21-18(10-23(14)40-13-24-31-5-4-6-32-24)26(16(3)37)34-35(21)12-25(38)36-20-8-17(20)9-22(36)27(39)33-15(2)19-11-28(19,29)30/h4-7,10,15,17,19-20,22H,8-9,11-13H2,1-3H3,(H,33,39)/t15-,17-,19-,20-,22+/m1/s1. The van der Waals surface area contributed by atoms with Crippen LogP contribution in [0, 0.1) is 18.8 Å². The summed E-state index contributed by atoms with van der Waals surface area (Å²) in [4.78, 5) is 49.4. The molecule has 40 heavy (non-hydrogen) atoms. The van der Waals surface area contributed by atoms with Gasteiger partial charge in [-0.15, -0.1) is 23.2 Å². The Morgan fingerprint density at radius 2 is 1.93 bits per heavy atom. The van der Waals surface area contributed by atoms with Gasteiger partial charge in [-0.05, 0) is 62.8 Å². The summed E-state index contributed by atoms with van der Waals surface area (Å²) in [6.07, 6.45) is 5.45. The Hall–Kier alpha value is -3.24. The maximum absolute atomic E-state index is 13.7. The molecule has 1 aromatic carbocycles. The molecule has 0 bridgehead atoms. The van der Waals surface area contributed by atoms with E-state index in [1.165, 1.54) is 6.92 Å². The Labute approximate surface area is 241 Å². The lowest BCUT2D eigenvalue weighted by Gasteiger charge is -2.28. The summed E-state index contributed by atoms with van der Waals surface area (Å²) in [6, 6.07) is 4.69. The van der Waals surface area contributed by atoms with E-state index < -0.39 is 10.4 Å². The van der Waals surface area contributed by atoms with Gasteiger partial charge in [0.25, 0.3) is 0 Å². The van der Waals surface area contributed by atoms with Crippen LogP contribution in [0.5, 0.6) is 5.75 Å². The first-order valence-electron chi connectivity index (χ1n) is 13.4. The van der Waals surface area contributed by atoms with Gasteiger partial charge in [0.05, 0.1) is 5.52 Å². The van der Waals surface area contributed by atoms with Gasteiger partial charge in [-0.3, -0.25) is 19.1 Å². The summed E-state index contributed by atoms with van der Waals surface area (Å²) in [5.41, 5.74) is 1.72. The van der Waals surface area contributed by atoms with Gasteiger partial charge in [0, 0.05) is 42.7 Å². The second kappa shape index (κ2) is 9.99. The monoisotopic (exact) mass is 584 g/mol. The number of rotatable bonds is 9. The molecule has 10 nitrogen and oxygen atoms in total. The molecule has 1 N–H and O–H groups in total. The highest BCUT2D eigenvalue weighted by Crippen LogP contribution is 2.55. The first-order chi connectivity index (χ1) is 19.0. The smallest absolute Gasteiger partial charge is 0.245 e. The van der Waals surface area contributed by atoms with Crippen molar-refractivity contribution in [3.8, 4) is 5.75 Å². The largest absolute Gasteiger partial charge is 0.485 e. The van der Waals surface area contributed by atoms with Crippen LogP contribution in [0.4, 0.5) is 0 Å². The summed E-state index contributed by atoms with van der Waals surface area (Å²) in [5.74, 6) is 0.834. The zero-order valence-corrected chi connectivity index (χ0v) is 23.9. The Morgan fingerprint density at radius 1 is 1.20 bits per heavy atom. The molecular formula is C28H30Cl2N6O4. The van der Waals surface area contributed by atoms with Crippen molar-refractivity contribution in [1.29, 1.82) is 0 Å². The quantitative estimate of drug-likeness (QED) is 0.301. The van der Waals surface area contributed by atoms with E-state index >= 15 is 0 Å². The van der Waals surface area contributed by atoms with Gasteiger partial charge in [-0.25, -0.2) is 9.97 Å². The van der Waals surface area contributed by atoms with Crippen LogP contribution in [-0.2, 0) is 22.7 Å². The fraction of sp³-hybridized carbons (Fsp3) is 0.500. The molecule has 2 aliphatic carbocycles. The fourth-order valence-corrected chi connectivity index (χ4v) is 6.55. The predicted molar refractivity (Wildman–Crippen MR) is 148 cm³/mol. The van der Waals surface area contributed by atoms with Crippen LogP contribution in [0.15, 0.2) is 30.6 Å². The first-order valence-corrected chi connectivity index (χ1v) is 14.2. The minimum Gasteiger partial charge on any atom is -0.485 e. The number of carbonyl (C=O) groups is 3. The Bertz CT molecular complexity index is 1510. The number of ketones is 1. The lowest BCUT2D eigenvalue weighted by atomic mass is 10.1. The Kier molecular flexibility index (Phi) is 6.73. The van der Waals surface area contributed by atoms with E-state index in [4.69, 9.17) is 27.9 Å². The number of amides is 2. The number of benzene rings is 1. The Morgan fingerprint density at radius 3 is 2.60 bits per heavy atom. The maximum Gasteiger partial charge on any atom is 0.245 e. The number of likely N-dealkylation sites (tertiary alicyclic amines) is 1. The summed E-state index contributed by atoms with van der Waals surface area (Å²) < 4.78 is 6.71. The number of piperidine rings is 1. The van der Waals surface area contributed by atoms with Gasteiger partial charge in [0.2, 0.25) is 11.8 Å². The maximum atomic E-state index is 13.7. The second-order valence-electron chi connectivity index (χ2n) is 11.1. The molecule has 3 heterocycles. The number of carbonyl (C=O) groups excluding carboxylic acids is 3. The SMILES string of the molecule is CC(=O)c1nn(CC(=O)N2[C@@H]3C[C@@H]3C[C@H]2C(=O)N[C@H](C)[C@H]2CC2(Cl)Cl)c2cc(C)c(OCc3ncccn3)cc12. The van der Waals surface area contributed by atoms with Crippen LogP contribution in [0.1, 0.15) is 55.0 Å². The van der Waals surface area contributed by atoms with Crippen LogP contribution in [0.2, 0.25) is 0 Å². The molecule has 2 amide bonds. The molecule has 2 aromatic heterocycles. The summed E-state index contributed by atoms with van der Waals surface area (Å²) >= 11 is 12.4. The van der Waals surface area contributed by atoms with Crippen molar-refractivity contribution < 1.29 is 19.1 Å². The molecule has 3 aromatic rings. The molecule has 12 heteroatoms. The second-order valence-corrected chi connectivity index (χ2v) is 12.7. The number of nitrogens with zero attached hydrogens (tertiary/aromatic N) is 5. The number of nitrogens with one attached hydrogen (secondary N) is 1. The minimum absolute atomic E-state index is 0.00218. The molecule has 1 saturated heterocycles. The molecule has 3 fully saturated rings. The number of hydrogen-bond donors (Lipinski definition) is 1. The molecule has 1 aliphatic heterocycles. The highest BCUT2D eigenvalue weighted by Gasteiger charge is 2.58. The van der Waals surface area contributed by atoms with E-state index in [0.717, 1.165) is 12.0 Å². The third kappa shape index (κ3) is 5.03. The van der Waals surface area contributed by atoms with Gasteiger partial charge in [-0.1, -0.05) is 0 Å². The molecule has 0 spiro atoms. The lowest BCUT2D eigenvalue weighted by Crippen LogP contribution is -2.51. The van der Waals surface area contributed by atoms with Crippen molar-refractivity contribution in [3.05, 3.63) is 47.7 Å². The fourth-order valence-electron chi connectivity index (χ4n) is 5.84. The predicted octanol–water partition coefficient (Wildman–Crippen LogP) is 3.60. The number of ether oxygens (including phenoxy) is 1. The molecule has 6 rings (SSSR count). The van der Waals surface area contributed by atoms with E-state index in [-0.39, 0.29) is 54.4 Å². The lowest BCUT2D eigenvalue weighted by molar-refractivity contribution is -0.140. The van der Waals surface area contributed by atoms with Gasteiger partial charge in [0.15, 0.2) is 11.6 Å². The molecule has 5 atom stereocenters. The number of fused-ring (bicyclic) bond motifs is 2. The van der Waals surface area contributed by atoms with Gasteiger partial charge < -0.3 is 15.0 Å². The molecule has 3 aliphatic rings. The number of hydrogen-bond acceptors (Lipinski definition) is 7. The number of halogens is 2. The molecule has 0 radical (unpaired) electrons. The van der Waals surface area contributed by atoms with Crippen LogP contribution in [-0.4, -0.2) is 64.7 Å². The van der Waals surface area contributed by atoms with Crippen molar-refractivity contribution in [2.75, 3.05) is 0 Å². The van der Waals surface area contributed by atoms with Crippen molar-refractivity contribution in [1.82, 2.24) is 30.0 Å². The van der Waals surface area contributed by atoms with Crippen molar-refractivity contribution in [3.63, 3.8) is 0 Å². The van der Waals surface area contributed by atoms with Crippen LogP contribution in [0.25, 0.3) is 10.9 Å². The van der Waals surface area contributed by atoms with E-state index in [2.05, 4.69) is 20.4 Å². The average molecular weight is 585 g/mol. The zero-order valence-electron chi connectivity index (χ0n) is 22.4. The van der Waals surface area contributed by atoms with E-state index in [1.54, 1.807) is 34.1 Å². The van der Waals surface area contributed by atoms with Gasteiger partial charge >= 0.3 is 0 Å². The number of alkyl halides is 2. The molecule has 0 unspecified atom stereocenters.